The fraction of sp³-hybridized carbons (Fsp3) is 0.409. The van der Waals surface area contributed by atoms with Crippen LogP contribution in [0.4, 0.5) is 17.6 Å². The maximum absolute atomic E-state index is 12.9. The van der Waals surface area contributed by atoms with E-state index in [-0.39, 0.29) is 11.6 Å². The molecule has 1 aliphatic rings. The molecule has 1 heterocycles. The number of carbonyl (C=O) groups is 1. The molecule has 156 valence electrons. The summed E-state index contributed by atoms with van der Waals surface area (Å²) in [6.45, 7) is 1.89. The van der Waals surface area contributed by atoms with Crippen molar-refractivity contribution in [2.24, 2.45) is 0 Å². The summed E-state index contributed by atoms with van der Waals surface area (Å²) in [5.74, 6) is -0.418. The van der Waals surface area contributed by atoms with Gasteiger partial charge in [-0.05, 0) is 67.8 Å². The highest BCUT2D eigenvalue weighted by atomic mass is 19.4. The fourth-order valence-electron chi connectivity index (χ4n) is 3.65. The summed E-state index contributed by atoms with van der Waals surface area (Å²) in [6.07, 6.45) is -2.55. The average molecular weight is 409 g/mol. The van der Waals surface area contributed by atoms with Crippen molar-refractivity contribution < 1.29 is 27.5 Å². The molecule has 2 aromatic rings. The van der Waals surface area contributed by atoms with Crippen LogP contribution in [0.3, 0.4) is 0 Å². The number of carbonyl (C=O) groups excluding carboxylic acids is 1. The van der Waals surface area contributed by atoms with E-state index in [2.05, 4.69) is 4.90 Å². The smallest absolute Gasteiger partial charge is 0.385 e. The molecule has 0 unspecified atom stereocenters. The molecule has 1 fully saturated rings. The Hall–Kier alpha value is -2.25. The maximum Gasteiger partial charge on any atom is 0.416 e. The molecule has 0 saturated carbocycles. The average Bonchev–Trinajstić information content (AvgIpc) is 2.69. The molecule has 0 aliphatic carbocycles. The SMILES string of the molecule is O=C(CCCN1CCC(O)(c2ccc(C(F)(F)F)cc2)CC1)c1ccc(F)cc1. The molecule has 0 bridgehead atoms. The number of hydrogen-bond donors (Lipinski definition) is 1. The fourth-order valence-corrected chi connectivity index (χ4v) is 3.65. The van der Waals surface area contributed by atoms with E-state index in [0.717, 1.165) is 12.1 Å². The first-order valence-corrected chi connectivity index (χ1v) is 9.59. The van der Waals surface area contributed by atoms with Crippen molar-refractivity contribution >= 4 is 5.78 Å². The van der Waals surface area contributed by atoms with Gasteiger partial charge in [0.2, 0.25) is 0 Å². The second-order valence-electron chi connectivity index (χ2n) is 7.48. The van der Waals surface area contributed by atoms with Gasteiger partial charge in [-0.1, -0.05) is 12.1 Å². The topological polar surface area (TPSA) is 40.5 Å². The van der Waals surface area contributed by atoms with Crippen LogP contribution in [0.15, 0.2) is 48.5 Å². The van der Waals surface area contributed by atoms with E-state index >= 15 is 0 Å². The lowest BCUT2D eigenvalue weighted by Gasteiger charge is -2.38. The molecule has 7 heteroatoms. The molecular formula is C22H23F4NO2. The number of likely N-dealkylation sites (tertiary alicyclic amines) is 1. The minimum Gasteiger partial charge on any atom is -0.385 e. The van der Waals surface area contributed by atoms with E-state index < -0.39 is 17.3 Å². The third-order valence-corrected chi connectivity index (χ3v) is 5.48. The summed E-state index contributed by atoms with van der Waals surface area (Å²) in [5.41, 5.74) is -0.878. The first-order valence-electron chi connectivity index (χ1n) is 9.59. The number of Topliss-reactive ketones (excluding diaryl/α,β-unsaturated/α-hetero) is 1. The van der Waals surface area contributed by atoms with Crippen LogP contribution in [0.2, 0.25) is 0 Å². The van der Waals surface area contributed by atoms with Crippen LogP contribution in [0, 0.1) is 5.82 Å². The molecule has 1 N–H and O–H groups in total. The summed E-state index contributed by atoms with van der Waals surface area (Å²) in [4.78, 5) is 14.3. The molecule has 3 rings (SSSR count). The third-order valence-electron chi connectivity index (χ3n) is 5.48. The van der Waals surface area contributed by atoms with Gasteiger partial charge in [0, 0.05) is 25.1 Å². The number of halogens is 4. The molecule has 0 atom stereocenters. The van der Waals surface area contributed by atoms with Crippen molar-refractivity contribution in [3.63, 3.8) is 0 Å². The minimum absolute atomic E-state index is 0.0386. The second kappa shape index (κ2) is 8.63. The van der Waals surface area contributed by atoms with Gasteiger partial charge < -0.3 is 10.0 Å². The predicted molar refractivity (Wildman–Crippen MR) is 101 cm³/mol. The summed E-state index contributed by atoms with van der Waals surface area (Å²) in [6, 6.07) is 10.2. The zero-order valence-corrected chi connectivity index (χ0v) is 15.9. The van der Waals surface area contributed by atoms with E-state index in [1.54, 1.807) is 0 Å². The van der Waals surface area contributed by atoms with Crippen molar-refractivity contribution in [2.45, 2.75) is 37.5 Å². The molecule has 29 heavy (non-hydrogen) atoms. The summed E-state index contributed by atoms with van der Waals surface area (Å²) in [7, 11) is 0. The first-order chi connectivity index (χ1) is 13.7. The number of nitrogens with zero attached hydrogens (tertiary/aromatic N) is 1. The normalized spacial score (nSPS) is 17.3. The highest BCUT2D eigenvalue weighted by molar-refractivity contribution is 5.95. The molecule has 1 aliphatic heterocycles. The highest BCUT2D eigenvalue weighted by Crippen LogP contribution is 2.35. The number of aliphatic hydroxyl groups is 1. The van der Waals surface area contributed by atoms with Gasteiger partial charge >= 0.3 is 6.18 Å². The Bertz CT molecular complexity index is 823. The Kier molecular flexibility index (Phi) is 6.39. The summed E-state index contributed by atoms with van der Waals surface area (Å²) < 4.78 is 51.0. The Morgan fingerprint density at radius 2 is 1.59 bits per heavy atom. The molecule has 1 saturated heterocycles. The Morgan fingerprint density at radius 1 is 1.00 bits per heavy atom. The Labute approximate surface area is 167 Å². The van der Waals surface area contributed by atoms with Gasteiger partial charge in [0.05, 0.1) is 11.2 Å². The zero-order chi connectivity index (χ0) is 21.1. The lowest BCUT2D eigenvalue weighted by molar-refractivity contribution is -0.137. The van der Waals surface area contributed by atoms with E-state index in [9.17, 15) is 27.5 Å². The van der Waals surface area contributed by atoms with Crippen molar-refractivity contribution in [1.82, 2.24) is 4.90 Å². The van der Waals surface area contributed by atoms with Crippen LogP contribution in [-0.4, -0.2) is 35.4 Å². The predicted octanol–water partition coefficient (Wildman–Crippen LogP) is 4.79. The number of alkyl halides is 3. The Balaban J connectivity index is 1.47. The zero-order valence-electron chi connectivity index (χ0n) is 15.9. The number of rotatable bonds is 6. The number of benzene rings is 2. The number of ketones is 1. The van der Waals surface area contributed by atoms with Crippen LogP contribution in [0.1, 0.15) is 47.2 Å². The van der Waals surface area contributed by atoms with Crippen LogP contribution < -0.4 is 0 Å². The van der Waals surface area contributed by atoms with Crippen LogP contribution in [0.25, 0.3) is 0 Å². The van der Waals surface area contributed by atoms with Gasteiger partial charge in [-0.3, -0.25) is 4.79 Å². The summed E-state index contributed by atoms with van der Waals surface area (Å²) >= 11 is 0. The lowest BCUT2D eigenvalue weighted by Crippen LogP contribution is -2.43. The largest absolute Gasteiger partial charge is 0.416 e. The van der Waals surface area contributed by atoms with Gasteiger partial charge in [0.15, 0.2) is 5.78 Å². The van der Waals surface area contributed by atoms with Crippen LogP contribution >= 0.6 is 0 Å². The van der Waals surface area contributed by atoms with Gasteiger partial charge in [0.25, 0.3) is 0 Å². The molecule has 3 nitrogen and oxygen atoms in total. The van der Waals surface area contributed by atoms with Crippen molar-refractivity contribution in [3.05, 3.63) is 71.0 Å². The monoisotopic (exact) mass is 409 g/mol. The van der Waals surface area contributed by atoms with E-state index in [0.29, 0.717) is 56.4 Å². The molecule has 2 aromatic carbocycles. The van der Waals surface area contributed by atoms with Crippen LogP contribution in [0.5, 0.6) is 0 Å². The lowest BCUT2D eigenvalue weighted by atomic mass is 9.84. The van der Waals surface area contributed by atoms with Gasteiger partial charge in [-0.2, -0.15) is 13.2 Å². The second-order valence-corrected chi connectivity index (χ2v) is 7.48. The molecule has 0 aromatic heterocycles. The molecule has 0 radical (unpaired) electrons. The van der Waals surface area contributed by atoms with Gasteiger partial charge in [0.1, 0.15) is 5.82 Å². The van der Waals surface area contributed by atoms with Crippen LogP contribution in [-0.2, 0) is 11.8 Å². The van der Waals surface area contributed by atoms with E-state index in [1.165, 1.54) is 36.4 Å². The number of hydrogen-bond acceptors (Lipinski definition) is 3. The first kappa shape index (κ1) is 21.5. The van der Waals surface area contributed by atoms with E-state index in [1.807, 2.05) is 0 Å². The molecule has 0 amide bonds. The Morgan fingerprint density at radius 3 is 2.14 bits per heavy atom. The standard InChI is InChI=1S/C22H23F4NO2/c23-19-9-3-16(4-10-19)20(28)2-1-13-27-14-11-21(29,12-15-27)17-5-7-18(8-6-17)22(24,25)26/h3-10,29H,1-2,11-15H2. The van der Waals surface area contributed by atoms with Gasteiger partial charge in [-0.25, -0.2) is 4.39 Å². The molecule has 0 spiro atoms. The van der Waals surface area contributed by atoms with Crippen molar-refractivity contribution in [2.75, 3.05) is 19.6 Å². The van der Waals surface area contributed by atoms with Crippen molar-refractivity contribution in [3.8, 4) is 0 Å². The minimum atomic E-state index is -4.39. The molecular weight excluding hydrogens is 386 g/mol. The van der Waals surface area contributed by atoms with Gasteiger partial charge in [-0.15, -0.1) is 0 Å². The number of piperidine rings is 1. The maximum atomic E-state index is 12.9. The van der Waals surface area contributed by atoms with Crippen molar-refractivity contribution in [1.29, 1.82) is 0 Å². The van der Waals surface area contributed by atoms with E-state index in [4.69, 9.17) is 0 Å². The quantitative estimate of drug-likeness (QED) is 0.551. The summed E-state index contributed by atoms with van der Waals surface area (Å²) in [5, 5.41) is 10.8. The highest BCUT2D eigenvalue weighted by Gasteiger charge is 2.35. The third kappa shape index (κ3) is 5.42.